The monoisotopic (exact) mass is 338 g/mol. The molecule has 1 heterocycles. The first kappa shape index (κ1) is 15.8. The van der Waals surface area contributed by atoms with Crippen molar-refractivity contribution in [3.8, 4) is 0 Å². The minimum atomic E-state index is -0.329. The molecule has 1 aliphatic heterocycles. The Kier molecular flexibility index (Phi) is 5.34. The third-order valence-corrected chi connectivity index (χ3v) is 4.17. The molecule has 1 aliphatic rings. The number of hydrogen-bond acceptors (Lipinski definition) is 3. The van der Waals surface area contributed by atoms with Crippen LogP contribution in [0.1, 0.15) is 17.4 Å². The summed E-state index contributed by atoms with van der Waals surface area (Å²) in [6, 6.07) is 15.3. The summed E-state index contributed by atoms with van der Waals surface area (Å²) in [6.07, 6.45) is -0.461. The summed E-state index contributed by atoms with van der Waals surface area (Å²) < 4.78 is 17.2. The van der Waals surface area contributed by atoms with E-state index in [1.165, 1.54) is 0 Å². The van der Waals surface area contributed by atoms with E-state index in [0.717, 1.165) is 11.1 Å². The summed E-state index contributed by atoms with van der Waals surface area (Å²) in [5.41, 5.74) is 1.80. The van der Waals surface area contributed by atoms with E-state index in [0.29, 0.717) is 29.9 Å². The first-order chi connectivity index (χ1) is 10.7. The lowest BCUT2D eigenvalue weighted by molar-refractivity contribution is -0.232. The van der Waals surface area contributed by atoms with E-state index in [2.05, 4.69) is 0 Å². The van der Waals surface area contributed by atoms with Gasteiger partial charge in [-0.3, -0.25) is 0 Å². The Morgan fingerprint density at radius 2 is 1.55 bits per heavy atom. The standard InChI is InChI=1S/C17H16Cl2O3/c18-15-7-4-8-16(19)14(15)11-20-13-9-21-17(22-10-13)12-5-2-1-3-6-12/h1-8,13,17H,9-11H2/t13-,17-. The van der Waals surface area contributed by atoms with Crippen LogP contribution in [0.15, 0.2) is 48.5 Å². The molecule has 116 valence electrons. The van der Waals surface area contributed by atoms with Crippen LogP contribution in [-0.2, 0) is 20.8 Å². The zero-order chi connectivity index (χ0) is 15.4. The van der Waals surface area contributed by atoms with Crippen LogP contribution in [0.25, 0.3) is 0 Å². The Morgan fingerprint density at radius 1 is 0.909 bits per heavy atom. The zero-order valence-corrected chi connectivity index (χ0v) is 13.4. The van der Waals surface area contributed by atoms with Crippen molar-refractivity contribution in [3.05, 3.63) is 69.7 Å². The van der Waals surface area contributed by atoms with E-state index in [1.807, 2.05) is 36.4 Å². The molecule has 22 heavy (non-hydrogen) atoms. The van der Waals surface area contributed by atoms with Crippen LogP contribution in [0.3, 0.4) is 0 Å². The topological polar surface area (TPSA) is 27.7 Å². The maximum Gasteiger partial charge on any atom is 0.184 e. The fraction of sp³-hybridized carbons (Fsp3) is 0.294. The zero-order valence-electron chi connectivity index (χ0n) is 11.9. The first-order valence-corrected chi connectivity index (χ1v) is 7.82. The summed E-state index contributed by atoms with van der Waals surface area (Å²) >= 11 is 12.2. The Bertz CT molecular complexity index is 590. The number of halogens is 2. The van der Waals surface area contributed by atoms with Crippen molar-refractivity contribution < 1.29 is 14.2 Å². The summed E-state index contributed by atoms with van der Waals surface area (Å²) in [6.45, 7) is 1.29. The first-order valence-electron chi connectivity index (χ1n) is 7.06. The molecule has 0 spiro atoms. The molecule has 0 aliphatic carbocycles. The molecule has 1 saturated heterocycles. The van der Waals surface area contributed by atoms with Crippen molar-refractivity contribution in [3.63, 3.8) is 0 Å². The third-order valence-electron chi connectivity index (χ3n) is 3.46. The van der Waals surface area contributed by atoms with Gasteiger partial charge in [0.15, 0.2) is 6.29 Å². The van der Waals surface area contributed by atoms with Gasteiger partial charge in [0.2, 0.25) is 0 Å². The van der Waals surface area contributed by atoms with Gasteiger partial charge in [-0.05, 0) is 12.1 Å². The molecular formula is C17H16Cl2O3. The van der Waals surface area contributed by atoms with Crippen LogP contribution in [0.4, 0.5) is 0 Å². The van der Waals surface area contributed by atoms with Gasteiger partial charge in [-0.2, -0.15) is 0 Å². The van der Waals surface area contributed by atoms with Crippen LogP contribution in [-0.4, -0.2) is 19.3 Å². The molecule has 2 aromatic carbocycles. The molecule has 0 aromatic heterocycles. The molecule has 0 unspecified atom stereocenters. The van der Waals surface area contributed by atoms with Gasteiger partial charge < -0.3 is 14.2 Å². The van der Waals surface area contributed by atoms with E-state index in [-0.39, 0.29) is 12.4 Å². The number of ether oxygens (including phenoxy) is 3. The fourth-order valence-electron chi connectivity index (χ4n) is 2.26. The van der Waals surface area contributed by atoms with Crippen molar-refractivity contribution in [2.75, 3.05) is 13.2 Å². The summed E-state index contributed by atoms with van der Waals surface area (Å²) in [4.78, 5) is 0. The lowest BCUT2D eigenvalue weighted by Crippen LogP contribution is -2.33. The number of rotatable bonds is 4. The Hall–Kier alpha value is -1.10. The summed E-state index contributed by atoms with van der Waals surface area (Å²) in [5, 5.41) is 1.21. The summed E-state index contributed by atoms with van der Waals surface area (Å²) in [7, 11) is 0. The molecule has 3 nitrogen and oxygen atoms in total. The second kappa shape index (κ2) is 7.44. The molecule has 5 heteroatoms. The molecule has 2 aromatic rings. The molecule has 0 saturated carbocycles. The van der Waals surface area contributed by atoms with E-state index in [9.17, 15) is 0 Å². The van der Waals surface area contributed by atoms with Crippen LogP contribution >= 0.6 is 23.2 Å². The van der Waals surface area contributed by atoms with Crippen molar-refractivity contribution in [1.29, 1.82) is 0 Å². The van der Waals surface area contributed by atoms with Crippen LogP contribution in [0.2, 0.25) is 10.0 Å². The van der Waals surface area contributed by atoms with Crippen molar-refractivity contribution >= 4 is 23.2 Å². The molecule has 1 fully saturated rings. The highest BCUT2D eigenvalue weighted by molar-refractivity contribution is 6.35. The average Bonchev–Trinajstić information content (AvgIpc) is 2.56. The molecular weight excluding hydrogens is 323 g/mol. The SMILES string of the molecule is Clc1cccc(Cl)c1CO[C@H]1CO[C@H](c2ccccc2)OC1. The van der Waals surface area contributed by atoms with Gasteiger partial charge >= 0.3 is 0 Å². The van der Waals surface area contributed by atoms with Crippen LogP contribution < -0.4 is 0 Å². The lowest BCUT2D eigenvalue weighted by atomic mass is 10.2. The average molecular weight is 339 g/mol. The highest BCUT2D eigenvalue weighted by atomic mass is 35.5. The smallest absolute Gasteiger partial charge is 0.184 e. The highest BCUT2D eigenvalue weighted by Gasteiger charge is 2.24. The van der Waals surface area contributed by atoms with Crippen LogP contribution in [0.5, 0.6) is 0 Å². The lowest BCUT2D eigenvalue weighted by Gasteiger charge is -2.29. The van der Waals surface area contributed by atoms with Gasteiger partial charge in [0.1, 0.15) is 6.10 Å². The second-order valence-corrected chi connectivity index (χ2v) is 5.86. The molecule has 0 amide bonds. The van der Waals surface area contributed by atoms with E-state index in [4.69, 9.17) is 37.4 Å². The van der Waals surface area contributed by atoms with E-state index in [1.54, 1.807) is 12.1 Å². The number of benzene rings is 2. The largest absolute Gasteiger partial charge is 0.369 e. The van der Waals surface area contributed by atoms with Gasteiger partial charge in [-0.1, -0.05) is 59.6 Å². The maximum absolute atomic E-state index is 6.12. The predicted octanol–water partition coefficient (Wildman–Crippen LogP) is 4.62. The van der Waals surface area contributed by atoms with Gasteiger partial charge in [0.05, 0.1) is 19.8 Å². The Balaban J connectivity index is 1.52. The molecule has 0 radical (unpaired) electrons. The minimum absolute atomic E-state index is 0.132. The van der Waals surface area contributed by atoms with Gasteiger partial charge in [0, 0.05) is 21.2 Å². The van der Waals surface area contributed by atoms with Crippen molar-refractivity contribution in [2.45, 2.75) is 19.0 Å². The third kappa shape index (κ3) is 3.80. The second-order valence-electron chi connectivity index (χ2n) is 5.04. The normalized spacial score (nSPS) is 21.7. The predicted molar refractivity (Wildman–Crippen MR) is 86.1 cm³/mol. The number of hydrogen-bond donors (Lipinski definition) is 0. The summed E-state index contributed by atoms with van der Waals surface area (Å²) in [5.74, 6) is 0. The molecule has 0 N–H and O–H groups in total. The van der Waals surface area contributed by atoms with Crippen LogP contribution in [0, 0.1) is 0 Å². The van der Waals surface area contributed by atoms with Gasteiger partial charge in [-0.25, -0.2) is 0 Å². The van der Waals surface area contributed by atoms with Gasteiger partial charge in [-0.15, -0.1) is 0 Å². The molecule has 3 rings (SSSR count). The Morgan fingerprint density at radius 3 is 2.18 bits per heavy atom. The van der Waals surface area contributed by atoms with E-state index >= 15 is 0 Å². The maximum atomic E-state index is 6.12. The van der Waals surface area contributed by atoms with Crippen molar-refractivity contribution in [1.82, 2.24) is 0 Å². The molecule has 0 atom stereocenters. The fourth-order valence-corrected chi connectivity index (χ4v) is 2.76. The quantitative estimate of drug-likeness (QED) is 0.813. The van der Waals surface area contributed by atoms with Gasteiger partial charge in [0.25, 0.3) is 0 Å². The minimum Gasteiger partial charge on any atom is -0.369 e. The van der Waals surface area contributed by atoms with Crippen molar-refractivity contribution in [2.24, 2.45) is 0 Å². The highest BCUT2D eigenvalue weighted by Crippen LogP contribution is 2.27. The van der Waals surface area contributed by atoms with E-state index < -0.39 is 0 Å². The Labute approximate surface area is 139 Å². The molecule has 0 bridgehead atoms.